The van der Waals surface area contributed by atoms with E-state index < -0.39 is 29.0 Å². The van der Waals surface area contributed by atoms with Gasteiger partial charge in [0.2, 0.25) is 5.91 Å². The summed E-state index contributed by atoms with van der Waals surface area (Å²) in [7, 11) is 1.57. The second-order valence-corrected chi connectivity index (χ2v) is 6.62. The standard InChI is InChI=1S/C15H19F3N4OS/c1-19-15(20-7-9-3-2-6-24-9)21-8-12(23)22-11-5-4-10(16)13(17)14(11)18/h4-5,9H,2-3,6-8H2,1H3,(H,22,23)(H2,19,20,21). The largest absolute Gasteiger partial charge is 0.355 e. The van der Waals surface area contributed by atoms with Crippen molar-refractivity contribution in [2.24, 2.45) is 4.99 Å². The fourth-order valence-electron chi connectivity index (χ4n) is 2.22. The van der Waals surface area contributed by atoms with Gasteiger partial charge in [-0.05, 0) is 30.7 Å². The Morgan fingerprint density at radius 3 is 2.75 bits per heavy atom. The Balaban J connectivity index is 1.80. The van der Waals surface area contributed by atoms with Crippen LogP contribution in [0.15, 0.2) is 17.1 Å². The molecule has 1 unspecified atom stereocenters. The Morgan fingerprint density at radius 2 is 2.08 bits per heavy atom. The van der Waals surface area contributed by atoms with Crippen molar-refractivity contribution >= 4 is 29.3 Å². The monoisotopic (exact) mass is 360 g/mol. The molecular weight excluding hydrogens is 341 g/mol. The highest BCUT2D eigenvalue weighted by Gasteiger charge is 2.17. The van der Waals surface area contributed by atoms with Crippen LogP contribution >= 0.6 is 11.8 Å². The van der Waals surface area contributed by atoms with Gasteiger partial charge in [0, 0.05) is 18.8 Å². The Kier molecular flexibility index (Phi) is 6.77. The van der Waals surface area contributed by atoms with Crippen molar-refractivity contribution in [2.75, 3.05) is 31.2 Å². The Bertz CT molecular complexity index is 621. The number of aliphatic imine (C=N–C) groups is 1. The molecule has 1 saturated heterocycles. The topological polar surface area (TPSA) is 65.5 Å². The maximum atomic E-state index is 13.5. The van der Waals surface area contributed by atoms with E-state index >= 15 is 0 Å². The molecule has 1 amide bonds. The molecule has 0 spiro atoms. The molecule has 3 N–H and O–H groups in total. The number of nitrogens with one attached hydrogen (secondary N) is 3. The lowest BCUT2D eigenvalue weighted by Gasteiger charge is -2.14. The molecule has 9 heteroatoms. The average molecular weight is 360 g/mol. The minimum atomic E-state index is -1.62. The summed E-state index contributed by atoms with van der Waals surface area (Å²) in [5, 5.41) is 8.61. The Morgan fingerprint density at radius 1 is 1.29 bits per heavy atom. The summed E-state index contributed by atoms with van der Waals surface area (Å²) in [5.41, 5.74) is -0.411. The summed E-state index contributed by atoms with van der Waals surface area (Å²) in [6.07, 6.45) is 2.34. The summed E-state index contributed by atoms with van der Waals surface area (Å²) in [4.78, 5) is 15.8. The van der Waals surface area contributed by atoms with E-state index in [-0.39, 0.29) is 6.54 Å². The van der Waals surface area contributed by atoms with Crippen molar-refractivity contribution in [1.82, 2.24) is 10.6 Å². The molecule has 1 aromatic carbocycles. The van der Waals surface area contributed by atoms with Crippen LogP contribution in [0.1, 0.15) is 12.8 Å². The second-order valence-electron chi connectivity index (χ2n) is 5.21. The van der Waals surface area contributed by atoms with Gasteiger partial charge >= 0.3 is 0 Å². The molecule has 0 aromatic heterocycles. The van der Waals surface area contributed by atoms with Gasteiger partial charge in [-0.2, -0.15) is 11.8 Å². The molecule has 1 aliphatic heterocycles. The summed E-state index contributed by atoms with van der Waals surface area (Å²) >= 11 is 1.89. The number of hydrogen-bond donors (Lipinski definition) is 3. The number of guanidine groups is 1. The lowest BCUT2D eigenvalue weighted by molar-refractivity contribution is -0.115. The highest BCUT2D eigenvalue weighted by molar-refractivity contribution is 8.00. The number of carbonyl (C=O) groups is 1. The number of hydrogen-bond acceptors (Lipinski definition) is 3. The zero-order valence-electron chi connectivity index (χ0n) is 13.2. The van der Waals surface area contributed by atoms with E-state index in [2.05, 4.69) is 20.9 Å². The maximum Gasteiger partial charge on any atom is 0.243 e. The van der Waals surface area contributed by atoms with E-state index in [0.717, 1.165) is 30.9 Å². The van der Waals surface area contributed by atoms with Crippen molar-refractivity contribution in [3.8, 4) is 0 Å². The zero-order valence-corrected chi connectivity index (χ0v) is 14.0. The minimum absolute atomic E-state index is 0.185. The van der Waals surface area contributed by atoms with Crippen LogP contribution in [0, 0.1) is 17.5 Å². The van der Waals surface area contributed by atoms with E-state index in [9.17, 15) is 18.0 Å². The number of thioether (sulfide) groups is 1. The fourth-order valence-corrected chi connectivity index (χ4v) is 3.42. The number of halogens is 3. The average Bonchev–Trinajstić information content (AvgIpc) is 3.09. The summed E-state index contributed by atoms with van der Waals surface area (Å²) < 4.78 is 39.4. The molecule has 0 bridgehead atoms. The van der Waals surface area contributed by atoms with Gasteiger partial charge in [0.15, 0.2) is 23.4 Å². The van der Waals surface area contributed by atoms with Gasteiger partial charge in [0.05, 0.1) is 12.2 Å². The number of nitrogens with zero attached hydrogens (tertiary/aromatic N) is 1. The molecule has 1 aromatic rings. The van der Waals surface area contributed by atoms with Gasteiger partial charge in [-0.3, -0.25) is 9.79 Å². The zero-order chi connectivity index (χ0) is 17.5. The highest BCUT2D eigenvalue weighted by Crippen LogP contribution is 2.25. The van der Waals surface area contributed by atoms with E-state index in [1.165, 1.54) is 6.42 Å². The summed E-state index contributed by atoms with van der Waals surface area (Å²) in [5.74, 6) is -3.35. The Labute approximate surface area is 142 Å². The van der Waals surface area contributed by atoms with E-state index in [1.807, 2.05) is 11.8 Å². The van der Waals surface area contributed by atoms with E-state index in [0.29, 0.717) is 11.2 Å². The first-order valence-corrected chi connectivity index (χ1v) is 8.55. The van der Waals surface area contributed by atoms with Crippen LogP contribution < -0.4 is 16.0 Å². The molecule has 24 heavy (non-hydrogen) atoms. The van der Waals surface area contributed by atoms with E-state index in [1.54, 1.807) is 7.05 Å². The van der Waals surface area contributed by atoms with Crippen molar-refractivity contribution in [3.63, 3.8) is 0 Å². The maximum absolute atomic E-state index is 13.5. The third-order valence-corrected chi connectivity index (χ3v) is 4.87. The van der Waals surface area contributed by atoms with Gasteiger partial charge in [-0.25, -0.2) is 13.2 Å². The molecule has 0 aliphatic carbocycles. The highest BCUT2D eigenvalue weighted by atomic mass is 32.2. The normalized spacial score (nSPS) is 17.7. The van der Waals surface area contributed by atoms with Gasteiger partial charge in [-0.15, -0.1) is 0 Å². The molecule has 1 fully saturated rings. The molecule has 1 heterocycles. The number of rotatable bonds is 5. The molecular formula is C15H19F3N4OS. The van der Waals surface area contributed by atoms with Crippen molar-refractivity contribution in [2.45, 2.75) is 18.1 Å². The van der Waals surface area contributed by atoms with Crippen LogP contribution in [0.3, 0.4) is 0 Å². The number of benzene rings is 1. The smallest absolute Gasteiger partial charge is 0.243 e. The molecule has 0 saturated carbocycles. The first kappa shape index (κ1) is 18.4. The van der Waals surface area contributed by atoms with E-state index in [4.69, 9.17) is 0 Å². The minimum Gasteiger partial charge on any atom is -0.355 e. The molecule has 1 aliphatic rings. The first-order chi connectivity index (χ1) is 11.5. The van der Waals surface area contributed by atoms with Crippen LogP contribution in [0.2, 0.25) is 0 Å². The fraction of sp³-hybridized carbons (Fsp3) is 0.467. The van der Waals surface area contributed by atoms with Gasteiger partial charge in [-0.1, -0.05) is 0 Å². The number of carbonyl (C=O) groups excluding carboxylic acids is 1. The molecule has 1 atom stereocenters. The first-order valence-electron chi connectivity index (χ1n) is 7.50. The van der Waals surface area contributed by atoms with Crippen molar-refractivity contribution in [1.29, 1.82) is 0 Å². The quantitative estimate of drug-likeness (QED) is 0.427. The number of amides is 1. The molecule has 5 nitrogen and oxygen atoms in total. The van der Waals surface area contributed by atoms with Crippen molar-refractivity contribution in [3.05, 3.63) is 29.6 Å². The number of anilines is 1. The summed E-state index contributed by atoms with van der Waals surface area (Å²) in [6, 6.07) is 1.72. The predicted molar refractivity (Wildman–Crippen MR) is 89.8 cm³/mol. The van der Waals surface area contributed by atoms with Crippen LogP contribution in [0.25, 0.3) is 0 Å². The van der Waals surface area contributed by atoms with Crippen LogP contribution in [-0.4, -0.2) is 43.0 Å². The SMILES string of the molecule is CN=C(NCC(=O)Nc1ccc(F)c(F)c1F)NCC1CCCS1. The molecule has 132 valence electrons. The Hall–Kier alpha value is -1.90. The van der Waals surface area contributed by atoms with Crippen molar-refractivity contribution < 1.29 is 18.0 Å². The van der Waals surface area contributed by atoms with Gasteiger partial charge < -0.3 is 16.0 Å². The lowest BCUT2D eigenvalue weighted by Crippen LogP contribution is -2.43. The second kappa shape index (κ2) is 8.81. The third kappa shape index (κ3) is 5.05. The van der Waals surface area contributed by atoms with Crippen LogP contribution in [-0.2, 0) is 4.79 Å². The van der Waals surface area contributed by atoms with Gasteiger partial charge in [0.1, 0.15) is 0 Å². The predicted octanol–water partition coefficient (Wildman–Crippen LogP) is 2.10. The summed E-state index contributed by atoms with van der Waals surface area (Å²) in [6.45, 7) is 0.555. The third-order valence-electron chi connectivity index (χ3n) is 3.47. The lowest BCUT2D eigenvalue weighted by atomic mass is 10.2. The van der Waals surface area contributed by atoms with Gasteiger partial charge in [0.25, 0.3) is 0 Å². The molecule has 2 rings (SSSR count). The van der Waals surface area contributed by atoms with Crippen LogP contribution in [0.4, 0.5) is 18.9 Å². The molecule has 0 radical (unpaired) electrons. The van der Waals surface area contributed by atoms with Crippen LogP contribution in [0.5, 0.6) is 0 Å².